The molecular formula is C16H24N2O2. The molecule has 0 bridgehead atoms. The van der Waals surface area contributed by atoms with Crippen molar-refractivity contribution < 1.29 is 9.53 Å². The summed E-state index contributed by atoms with van der Waals surface area (Å²) in [5.74, 6) is 0.916. The van der Waals surface area contributed by atoms with Crippen LogP contribution in [0.5, 0.6) is 5.75 Å². The van der Waals surface area contributed by atoms with Crippen LogP contribution in [-0.2, 0) is 4.79 Å². The first kappa shape index (κ1) is 14.9. The molecule has 0 atom stereocenters. The molecule has 0 aliphatic heterocycles. The lowest BCUT2D eigenvalue weighted by Gasteiger charge is -2.08. The summed E-state index contributed by atoms with van der Waals surface area (Å²) in [7, 11) is 0. The van der Waals surface area contributed by atoms with Gasteiger partial charge in [0.15, 0.2) is 0 Å². The summed E-state index contributed by atoms with van der Waals surface area (Å²) >= 11 is 0. The summed E-state index contributed by atoms with van der Waals surface area (Å²) in [6, 6.07) is 7.39. The van der Waals surface area contributed by atoms with Gasteiger partial charge in [0.25, 0.3) is 0 Å². The Hall–Kier alpha value is -1.55. The van der Waals surface area contributed by atoms with E-state index in [1.54, 1.807) is 0 Å². The molecule has 0 heterocycles. The van der Waals surface area contributed by atoms with Gasteiger partial charge >= 0.3 is 0 Å². The monoisotopic (exact) mass is 276 g/mol. The first-order valence-electron chi connectivity index (χ1n) is 7.04. The Balaban J connectivity index is 1.96. The van der Waals surface area contributed by atoms with Crippen molar-refractivity contribution in [1.82, 2.24) is 0 Å². The zero-order valence-corrected chi connectivity index (χ0v) is 12.7. The highest BCUT2D eigenvalue weighted by Crippen LogP contribution is 2.68. The van der Waals surface area contributed by atoms with Crippen LogP contribution < -0.4 is 15.8 Å². The van der Waals surface area contributed by atoms with Gasteiger partial charge in [-0.3, -0.25) is 4.79 Å². The van der Waals surface area contributed by atoms with Crippen LogP contribution in [0.2, 0.25) is 0 Å². The molecule has 1 aromatic carbocycles. The fourth-order valence-electron chi connectivity index (χ4n) is 2.88. The summed E-state index contributed by atoms with van der Waals surface area (Å²) in [6.45, 7) is 9.55. The van der Waals surface area contributed by atoms with E-state index in [0.29, 0.717) is 13.2 Å². The molecule has 1 saturated carbocycles. The van der Waals surface area contributed by atoms with Crippen LogP contribution in [0, 0.1) is 16.7 Å². The van der Waals surface area contributed by atoms with Crippen LogP contribution in [0.4, 0.5) is 5.69 Å². The normalized spacial score (nSPS) is 19.4. The van der Waals surface area contributed by atoms with E-state index in [0.717, 1.165) is 11.4 Å². The molecule has 110 valence electrons. The van der Waals surface area contributed by atoms with Crippen LogP contribution in [0.15, 0.2) is 24.3 Å². The molecule has 4 heteroatoms. The topological polar surface area (TPSA) is 64.3 Å². The second kappa shape index (κ2) is 5.09. The molecule has 0 spiro atoms. The molecule has 2 rings (SSSR count). The number of anilines is 1. The van der Waals surface area contributed by atoms with Crippen LogP contribution in [0.3, 0.4) is 0 Å². The van der Waals surface area contributed by atoms with Gasteiger partial charge < -0.3 is 15.8 Å². The number of nitrogens with one attached hydrogen (secondary N) is 1. The van der Waals surface area contributed by atoms with Crippen molar-refractivity contribution in [2.75, 3.05) is 18.5 Å². The summed E-state index contributed by atoms with van der Waals surface area (Å²) in [5, 5.41) is 2.98. The van der Waals surface area contributed by atoms with Crippen LogP contribution in [0.25, 0.3) is 0 Å². The van der Waals surface area contributed by atoms with Gasteiger partial charge in [-0.05, 0) is 35.1 Å². The molecule has 0 unspecified atom stereocenters. The lowest BCUT2D eigenvalue weighted by molar-refractivity contribution is -0.118. The number of hydrogen-bond donors (Lipinski definition) is 2. The highest BCUT2D eigenvalue weighted by atomic mass is 16.5. The number of nitrogens with two attached hydrogens (primary N) is 1. The maximum atomic E-state index is 12.3. The van der Waals surface area contributed by atoms with Crippen molar-refractivity contribution in [3.05, 3.63) is 24.3 Å². The van der Waals surface area contributed by atoms with Crippen molar-refractivity contribution in [3.63, 3.8) is 0 Å². The van der Waals surface area contributed by atoms with Crippen molar-refractivity contribution in [3.8, 4) is 5.75 Å². The van der Waals surface area contributed by atoms with Crippen molar-refractivity contribution in [2.45, 2.75) is 27.7 Å². The van der Waals surface area contributed by atoms with Gasteiger partial charge in [0.2, 0.25) is 5.91 Å². The highest BCUT2D eigenvalue weighted by Gasteiger charge is 2.68. The minimum atomic E-state index is 0.0568. The van der Waals surface area contributed by atoms with E-state index in [4.69, 9.17) is 10.5 Å². The second-order valence-corrected chi connectivity index (χ2v) is 6.53. The first-order valence-corrected chi connectivity index (χ1v) is 7.04. The molecule has 20 heavy (non-hydrogen) atoms. The number of benzene rings is 1. The van der Waals surface area contributed by atoms with E-state index < -0.39 is 0 Å². The van der Waals surface area contributed by atoms with Gasteiger partial charge in [0, 0.05) is 18.2 Å². The van der Waals surface area contributed by atoms with E-state index in [2.05, 4.69) is 33.0 Å². The van der Waals surface area contributed by atoms with Crippen LogP contribution in [0.1, 0.15) is 27.7 Å². The first-order chi connectivity index (χ1) is 9.30. The SMILES string of the molecule is CC1(C)C(C(=O)Nc2ccc(OCCN)cc2)C1(C)C. The average Bonchev–Trinajstić information content (AvgIpc) is 2.79. The van der Waals surface area contributed by atoms with Gasteiger partial charge in [-0.1, -0.05) is 27.7 Å². The zero-order chi connectivity index (χ0) is 15.0. The van der Waals surface area contributed by atoms with E-state index in [9.17, 15) is 4.79 Å². The van der Waals surface area contributed by atoms with Crippen LogP contribution >= 0.6 is 0 Å². The minimum Gasteiger partial charge on any atom is -0.492 e. The quantitative estimate of drug-likeness (QED) is 0.869. The minimum absolute atomic E-state index is 0.0568. The second-order valence-electron chi connectivity index (χ2n) is 6.53. The maximum absolute atomic E-state index is 12.3. The Morgan fingerprint density at radius 2 is 1.75 bits per heavy atom. The van der Waals surface area contributed by atoms with Crippen LogP contribution in [-0.4, -0.2) is 19.1 Å². The molecule has 0 aromatic heterocycles. The van der Waals surface area contributed by atoms with Crippen molar-refractivity contribution >= 4 is 11.6 Å². The summed E-state index contributed by atoms with van der Waals surface area (Å²) in [5.41, 5.74) is 6.29. The van der Waals surface area contributed by atoms with E-state index in [1.165, 1.54) is 0 Å². The maximum Gasteiger partial charge on any atom is 0.228 e. The Morgan fingerprint density at radius 3 is 2.20 bits per heavy atom. The molecule has 1 aliphatic carbocycles. The molecule has 1 aliphatic rings. The third-order valence-electron chi connectivity index (χ3n) is 4.79. The number of hydrogen-bond acceptors (Lipinski definition) is 3. The lowest BCUT2D eigenvalue weighted by Crippen LogP contribution is -2.17. The molecule has 1 aromatic rings. The highest BCUT2D eigenvalue weighted by molar-refractivity contribution is 5.96. The number of rotatable bonds is 5. The fraction of sp³-hybridized carbons (Fsp3) is 0.562. The molecule has 1 amide bonds. The smallest absolute Gasteiger partial charge is 0.228 e. The molecule has 4 nitrogen and oxygen atoms in total. The van der Waals surface area contributed by atoms with E-state index in [1.807, 2.05) is 24.3 Å². The number of amides is 1. The van der Waals surface area contributed by atoms with Crippen molar-refractivity contribution in [1.29, 1.82) is 0 Å². The van der Waals surface area contributed by atoms with Crippen molar-refractivity contribution in [2.24, 2.45) is 22.5 Å². The van der Waals surface area contributed by atoms with Gasteiger partial charge in [-0.25, -0.2) is 0 Å². The van der Waals surface area contributed by atoms with E-state index in [-0.39, 0.29) is 22.7 Å². The Kier molecular flexibility index (Phi) is 3.78. The zero-order valence-electron chi connectivity index (χ0n) is 12.7. The van der Waals surface area contributed by atoms with E-state index >= 15 is 0 Å². The third-order valence-corrected chi connectivity index (χ3v) is 4.79. The standard InChI is InChI=1S/C16H24N2O2/c1-15(2)13(16(15,3)4)14(19)18-11-5-7-12(8-6-11)20-10-9-17/h5-8,13H,9-10,17H2,1-4H3,(H,18,19). The largest absolute Gasteiger partial charge is 0.492 e. The Labute approximate surface area is 120 Å². The number of carbonyl (C=O) groups excluding carboxylic acids is 1. The summed E-state index contributed by atoms with van der Waals surface area (Å²) in [6.07, 6.45) is 0. The number of ether oxygens (including phenoxy) is 1. The molecule has 1 fully saturated rings. The van der Waals surface area contributed by atoms with Gasteiger partial charge in [-0.15, -0.1) is 0 Å². The predicted molar refractivity (Wildman–Crippen MR) is 80.7 cm³/mol. The molecule has 0 radical (unpaired) electrons. The fourth-order valence-corrected chi connectivity index (χ4v) is 2.88. The van der Waals surface area contributed by atoms with Gasteiger partial charge in [0.05, 0.1) is 0 Å². The third kappa shape index (κ3) is 2.52. The number of carbonyl (C=O) groups is 1. The summed E-state index contributed by atoms with van der Waals surface area (Å²) < 4.78 is 5.40. The average molecular weight is 276 g/mol. The predicted octanol–water partition coefficient (Wildman–Crippen LogP) is 2.64. The molecule has 0 saturated heterocycles. The Morgan fingerprint density at radius 1 is 1.20 bits per heavy atom. The molecular weight excluding hydrogens is 252 g/mol. The summed E-state index contributed by atoms with van der Waals surface area (Å²) in [4.78, 5) is 12.3. The van der Waals surface area contributed by atoms with Gasteiger partial charge in [0.1, 0.15) is 12.4 Å². The lowest BCUT2D eigenvalue weighted by atomic mass is 10.0. The Bertz CT molecular complexity index is 478. The molecule has 3 N–H and O–H groups in total. The van der Waals surface area contributed by atoms with Gasteiger partial charge in [-0.2, -0.15) is 0 Å².